The van der Waals surface area contributed by atoms with Crippen molar-refractivity contribution in [2.75, 3.05) is 18.6 Å². The van der Waals surface area contributed by atoms with Crippen LogP contribution in [0.5, 0.6) is 0 Å². The number of thiazole rings is 1. The smallest absolute Gasteiger partial charge is 0.228 e. The van der Waals surface area contributed by atoms with Crippen LogP contribution >= 0.6 is 11.3 Å². The SMILES string of the molecule is CN(C(=O)Cc1cscn1)C1CCS(=O)(=O)C1. The first-order valence-corrected chi connectivity index (χ1v) is 8.07. The number of carbonyl (C=O) groups excluding carboxylic acids is 1. The lowest BCUT2D eigenvalue weighted by atomic mass is 10.2. The van der Waals surface area contributed by atoms with Gasteiger partial charge in [-0.25, -0.2) is 13.4 Å². The molecule has 1 unspecified atom stereocenters. The molecule has 5 nitrogen and oxygen atoms in total. The summed E-state index contributed by atoms with van der Waals surface area (Å²) in [5.74, 6) is 0.205. The van der Waals surface area contributed by atoms with Crippen LogP contribution in [0, 0.1) is 0 Å². The van der Waals surface area contributed by atoms with Gasteiger partial charge in [-0.1, -0.05) is 0 Å². The molecule has 0 N–H and O–H groups in total. The molecule has 1 amide bonds. The molecule has 17 heavy (non-hydrogen) atoms. The Balaban J connectivity index is 1.96. The molecule has 1 fully saturated rings. The molecule has 0 bridgehead atoms. The Hall–Kier alpha value is -0.950. The van der Waals surface area contributed by atoms with Crippen LogP contribution in [-0.2, 0) is 21.1 Å². The summed E-state index contributed by atoms with van der Waals surface area (Å²) in [7, 11) is -1.28. The molecule has 94 valence electrons. The lowest BCUT2D eigenvalue weighted by molar-refractivity contribution is -0.130. The van der Waals surface area contributed by atoms with Gasteiger partial charge >= 0.3 is 0 Å². The van der Waals surface area contributed by atoms with Gasteiger partial charge in [-0.3, -0.25) is 4.79 Å². The molecule has 2 heterocycles. The highest BCUT2D eigenvalue weighted by Crippen LogP contribution is 2.17. The van der Waals surface area contributed by atoms with E-state index in [0.717, 1.165) is 5.69 Å². The minimum absolute atomic E-state index is 0.0713. The highest BCUT2D eigenvalue weighted by Gasteiger charge is 2.32. The Morgan fingerprint density at radius 1 is 1.65 bits per heavy atom. The molecule has 1 atom stereocenters. The van der Waals surface area contributed by atoms with Gasteiger partial charge in [0.1, 0.15) is 0 Å². The predicted octanol–water partition coefficient (Wildman–Crippen LogP) is 0.331. The maximum atomic E-state index is 11.9. The minimum Gasteiger partial charge on any atom is -0.341 e. The number of rotatable bonds is 3. The Morgan fingerprint density at radius 2 is 2.41 bits per heavy atom. The number of likely N-dealkylation sites (N-methyl/N-ethyl adjacent to an activating group) is 1. The molecule has 1 saturated heterocycles. The zero-order chi connectivity index (χ0) is 12.5. The van der Waals surface area contributed by atoms with Gasteiger partial charge < -0.3 is 4.90 Å². The van der Waals surface area contributed by atoms with Crippen molar-refractivity contribution < 1.29 is 13.2 Å². The number of amides is 1. The fraction of sp³-hybridized carbons (Fsp3) is 0.600. The molecule has 0 radical (unpaired) electrons. The van der Waals surface area contributed by atoms with Gasteiger partial charge in [0.05, 0.1) is 29.1 Å². The third-order valence-electron chi connectivity index (χ3n) is 2.97. The Kier molecular flexibility index (Phi) is 3.48. The van der Waals surface area contributed by atoms with Gasteiger partial charge in [0, 0.05) is 18.5 Å². The summed E-state index contributed by atoms with van der Waals surface area (Å²) in [6, 6.07) is -0.175. The Labute approximate surface area is 104 Å². The molecule has 0 aliphatic carbocycles. The van der Waals surface area contributed by atoms with Crippen molar-refractivity contribution in [3.63, 3.8) is 0 Å². The fourth-order valence-corrected chi connectivity index (χ4v) is 4.22. The number of hydrogen-bond donors (Lipinski definition) is 0. The van der Waals surface area contributed by atoms with Crippen LogP contribution < -0.4 is 0 Å². The molecule has 0 saturated carbocycles. The third-order valence-corrected chi connectivity index (χ3v) is 5.35. The van der Waals surface area contributed by atoms with Crippen molar-refractivity contribution >= 4 is 27.1 Å². The standard InChI is InChI=1S/C10H14N2O3S2/c1-12(9-2-3-17(14,15)6-9)10(13)4-8-5-16-7-11-8/h5,7,9H,2-4,6H2,1H3. The summed E-state index contributed by atoms with van der Waals surface area (Å²) < 4.78 is 22.7. The van der Waals surface area contributed by atoms with Crippen LogP contribution in [-0.4, -0.2) is 48.8 Å². The van der Waals surface area contributed by atoms with E-state index in [-0.39, 0.29) is 29.9 Å². The second-order valence-electron chi connectivity index (χ2n) is 4.22. The van der Waals surface area contributed by atoms with E-state index in [2.05, 4.69) is 4.98 Å². The number of sulfone groups is 1. The van der Waals surface area contributed by atoms with Crippen molar-refractivity contribution in [1.29, 1.82) is 0 Å². The lowest BCUT2D eigenvalue weighted by Gasteiger charge is -2.22. The van der Waals surface area contributed by atoms with Crippen LogP contribution in [0.4, 0.5) is 0 Å². The molecule has 1 aliphatic rings. The van der Waals surface area contributed by atoms with Crippen LogP contribution in [0.25, 0.3) is 0 Å². The van der Waals surface area contributed by atoms with Crippen LogP contribution in [0.1, 0.15) is 12.1 Å². The summed E-state index contributed by atoms with van der Waals surface area (Å²) in [5, 5.41) is 1.83. The van der Waals surface area contributed by atoms with Crippen molar-refractivity contribution in [2.24, 2.45) is 0 Å². The molecule has 0 aromatic carbocycles. The van der Waals surface area contributed by atoms with Gasteiger partial charge in [0.25, 0.3) is 0 Å². The quantitative estimate of drug-likeness (QED) is 0.796. The third kappa shape index (κ3) is 3.04. The fourth-order valence-electron chi connectivity index (χ4n) is 1.89. The zero-order valence-corrected chi connectivity index (χ0v) is 11.1. The highest BCUT2D eigenvalue weighted by molar-refractivity contribution is 7.91. The van der Waals surface area contributed by atoms with E-state index in [1.54, 1.807) is 17.5 Å². The van der Waals surface area contributed by atoms with E-state index in [4.69, 9.17) is 0 Å². The first-order valence-electron chi connectivity index (χ1n) is 5.31. The number of carbonyl (C=O) groups is 1. The van der Waals surface area contributed by atoms with Gasteiger partial charge in [-0.05, 0) is 6.42 Å². The molecule has 7 heteroatoms. The Morgan fingerprint density at radius 3 is 2.94 bits per heavy atom. The van der Waals surface area contributed by atoms with Crippen LogP contribution in [0.2, 0.25) is 0 Å². The first kappa shape index (κ1) is 12.5. The number of hydrogen-bond acceptors (Lipinski definition) is 5. The summed E-state index contributed by atoms with van der Waals surface area (Å²) in [5.41, 5.74) is 2.43. The molecular formula is C10H14N2O3S2. The van der Waals surface area contributed by atoms with Crippen LogP contribution in [0.15, 0.2) is 10.9 Å². The summed E-state index contributed by atoms with van der Waals surface area (Å²) in [6.07, 6.45) is 0.790. The number of nitrogens with zero attached hydrogens (tertiary/aromatic N) is 2. The maximum Gasteiger partial charge on any atom is 0.228 e. The largest absolute Gasteiger partial charge is 0.341 e. The van der Waals surface area contributed by atoms with E-state index in [1.165, 1.54) is 11.3 Å². The summed E-state index contributed by atoms with van der Waals surface area (Å²) in [6.45, 7) is 0. The second kappa shape index (κ2) is 4.73. The maximum absolute atomic E-state index is 11.9. The van der Waals surface area contributed by atoms with Gasteiger partial charge in [0.2, 0.25) is 5.91 Å². The van der Waals surface area contributed by atoms with Crippen molar-refractivity contribution in [1.82, 2.24) is 9.88 Å². The van der Waals surface area contributed by atoms with E-state index in [0.29, 0.717) is 6.42 Å². The van der Waals surface area contributed by atoms with E-state index < -0.39 is 9.84 Å². The Bertz CT molecular complexity index is 496. The minimum atomic E-state index is -2.94. The van der Waals surface area contributed by atoms with Crippen molar-refractivity contribution in [3.8, 4) is 0 Å². The van der Waals surface area contributed by atoms with Gasteiger partial charge in [-0.15, -0.1) is 11.3 Å². The average molecular weight is 274 g/mol. The lowest BCUT2D eigenvalue weighted by Crippen LogP contribution is -2.38. The van der Waals surface area contributed by atoms with E-state index in [9.17, 15) is 13.2 Å². The predicted molar refractivity (Wildman–Crippen MR) is 65.6 cm³/mol. The van der Waals surface area contributed by atoms with E-state index in [1.807, 2.05) is 5.38 Å². The molecule has 2 rings (SSSR count). The highest BCUT2D eigenvalue weighted by atomic mass is 32.2. The second-order valence-corrected chi connectivity index (χ2v) is 7.17. The number of aromatic nitrogens is 1. The zero-order valence-electron chi connectivity index (χ0n) is 9.50. The monoisotopic (exact) mass is 274 g/mol. The summed E-state index contributed by atoms with van der Waals surface area (Å²) in [4.78, 5) is 17.5. The van der Waals surface area contributed by atoms with Gasteiger partial charge in [0.15, 0.2) is 9.84 Å². The topological polar surface area (TPSA) is 67.3 Å². The first-order chi connectivity index (χ1) is 7.98. The van der Waals surface area contributed by atoms with Crippen molar-refractivity contribution in [2.45, 2.75) is 18.9 Å². The van der Waals surface area contributed by atoms with Crippen molar-refractivity contribution in [3.05, 3.63) is 16.6 Å². The molecule has 1 aromatic heterocycles. The van der Waals surface area contributed by atoms with Crippen LogP contribution in [0.3, 0.4) is 0 Å². The molecule has 1 aromatic rings. The molecule has 1 aliphatic heterocycles. The molecule has 0 spiro atoms. The molecular weight excluding hydrogens is 260 g/mol. The average Bonchev–Trinajstić information content (AvgIpc) is 2.86. The summed E-state index contributed by atoms with van der Waals surface area (Å²) >= 11 is 1.45. The normalized spacial score (nSPS) is 22.5. The van der Waals surface area contributed by atoms with Gasteiger partial charge in [-0.2, -0.15) is 0 Å². The van der Waals surface area contributed by atoms with E-state index >= 15 is 0 Å².